The largest absolute Gasteiger partial charge is 0.399 e. The van der Waals surface area contributed by atoms with Crippen LogP contribution in [0.5, 0.6) is 0 Å². The first-order valence-electron chi connectivity index (χ1n) is 5.85. The lowest BCUT2D eigenvalue weighted by Gasteiger charge is -2.25. The first-order chi connectivity index (χ1) is 9.21. The van der Waals surface area contributed by atoms with Gasteiger partial charge in [0.25, 0.3) is 0 Å². The maximum atomic E-state index is 14.0. The molecule has 0 saturated heterocycles. The third kappa shape index (κ3) is 3.39. The first-order valence-corrected chi connectivity index (χ1v) is 7.67. The van der Waals surface area contributed by atoms with Crippen LogP contribution >= 0.6 is 11.6 Å². The van der Waals surface area contributed by atoms with Crippen molar-refractivity contribution in [1.29, 1.82) is 5.26 Å². The van der Waals surface area contributed by atoms with E-state index in [0.717, 1.165) is 16.4 Å². The molecule has 110 valence electrons. The smallest absolute Gasteiger partial charge is 0.246 e. The van der Waals surface area contributed by atoms with Crippen molar-refractivity contribution in [2.75, 3.05) is 12.3 Å². The highest BCUT2D eigenvalue weighted by Gasteiger charge is 2.30. The number of nitrogen functional groups attached to an aromatic ring is 1. The average Bonchev–Trinajstić information content (AvgIpc) is 2.33. The van der Waals surface area contributed by atoms with E-state index in [2.05, 4.69) is 0 Å². The molecule has 8 heteroatoms. The van der Waals surface area contributed by atoms with Gasteiger partial charge in [-0.2, -0.15) is 9.57 Å². The summed E-state index contributed by atoms with van der Waals surface area (Å²) >= 11 is 5.62. The second-order valence-corrected chi connectivity index (χ2v) is 6.70. The molecule has 0 aromatic heterocycles. The van der Waals surface area contributed by atoms with Gasteiger partial charge in [-0.15, -0.1) is 0 Å². The molecule has 2 N–H and O–H groups in total. The van der Waals surface area contributed by atoms with Crippen LogP contribution in [0.25, 0.3) is 0 Å². The second-order valence-electron chi connectivity index (χ2n) is 4.43. The fourth-order valence-electron chi connectivity index (χ4n) is 1.71. The maximum Gasteiger partial charge on any atom is 0.246 e. The number of nitrogens with zero attached hydrogens (tertiary/aromatic N) is 2. The van der Waals surface area contributed by atoms with Gasteiger partial charge in [-0.05, 0) is 26.0 Å². The number of nitriles is 1. The summed E-state index contributed by atoms with van der Waals surface area (Å²) in [6.45, 7) is 3.25. The summed E-state index contributed by atoms with van der Waals surface area (Å²) in [6, 6.07) is 3.61. The van der Waals surface area contributed by atoms with Crippen LogP contribution in [-0.2, 0) is 10.0 Å². The number of hydrogen-bond donors (Lipinski definition) is 1. The molecule has 0 aliphatic rings. The standard InChI is InChI=1S/C12H15ClFN3O2S/c1-8(2)17(5-3-4-15)20(18,19)11-7-9(16)6-10(13)12(11)14/h6-8H,3,5,16H2,1-2H3. The van der Waals surface area contributed by atoms with E-state index in [0.29, 0.717) is 0 Å². The first kappa shape index (κ1) is 16.7. The van der Waals surface area contributed by atoms with Crippen LogP contribution in [0.3, 0.4) is 0 Å². The number of nitrogens with two attached hydrogens (primary N) is 1. The van der Waals surface area contributed by atoms with Crippen molar-refractivity contribution in [3.8, 4) is 6.07 Å². The van der Waals surface area contributed by atoms with E-state index in [1.807, 2.05) is 6.07 Å². The van der Waals surface area contributed by atoms with Crippen molar-refractivity contribution in [2.45, 2.75) is 31.2 Å². The van der Waals surface area contributed by atoms with Gasteiger partial charge in [0, 0.05) is 24.7 Å². The van der Waals surface area contributed by atoms with Crippen molar-refractivity contribution >= 4 is 27.3 Å². The van der Waals surface area contributed by atoms with Crippen molar-refractivity contribution in [3.63, 3.8) is 0 Å². The van der Waals surface area contributed by atoms with Crippen molar-refractivity contribution in [3.05, 3.63) is 23.0 Å². The SMILES string of the molecule is CC(C)N(CCC#N)S(=O)(=O)c1cc(N)cc(Cl)c1F. The number of hydrogen-bond acceptors (Lipinski definition) is 4. The van der Waals surface area contributed by atoms with Crippen LogP contribution < -0.4 is 5.73 Å². The van der Waals surface area contributed by atoms with Crippen molar-refractivity contribution < 1.29 is 12.8 Å². The highest BCUT2D eigenvalue weighted by atomic mass is 35.5. The molecular weight excluding hydrogens is 305 g/mol. The van der Waals surface area contributed by atoms with E-state index in [4.69, 9.17) is 22.6 Å². The van der Waals surface area contributed by atoms with Gasteiger partial charge < -0.3 is 5.73 Å². The van der Waals surface area contributed by atoms with Crippen LogP contribution in [0.2, 0.25) is 5.02 Å². The molecule has 0 aliphatic heterocycles. The normalized spacial score (nSPS) is 11.8. The predicted molar refractivity (Wildman–Crippen MR) is 75.1 cm³/mol. The molecule has 1 aromatic carbocycles. The Labute approximate surface area is 122 Å². The third-order valence-electron chi connectivity index (χ3n) is 2.62. The van der Waals surface area contributed by atoms with Gasteiger partial charge in [0.15, 0.2) is 5.82 Å². The molecule has 0 fully saturated rings. The molecule has 1 rings (SSSR count). The van der Waals surface area contributed by atoms with Gasteiger partial charge in [-0.3, -0.25) is 0 Å². The topological polar surface area (TPSA) is 87.2 Å². The van der Waals surface area contributed by atoms with Gasteiger partial charge in [0.05, 0.1) is 11.1 Å². The van der Waals surface area contributed by atoms with E-state index in [1.54, 1.807) is 13.8 Å². The second kappa shape index (κ2) is 6.39. The van der Waals surface area contributed by atoms with Crippen LogP contribution in [0.4, 0.5) is 10.1 Å². The zero-order valence-corrected chi connectivity index (χ0v) is 12.7. The summed E-state index contributed by atoms with van der Waals surface area (Å²) in [4.78, 5) is -0.575. The lowest BCUT2D eigenvalue weighted by molar-refractivity contribution is 0.358. The lowest BCUT2D eigenvalue weighted by Crippen LogP contribution is -2.38. The Morgan fingerprint density at radius 1 is 1.50 bits per heavy atom. The van der Waals surface area contributed by atoms with Gasteiger partial charge in [-0.25, -0.2) is 12.8 Å². The van der Waals surface area contributed by atoms with Crippen molar-refractivity contribution in [2.24, 2.45) is 0 Å². The van der Waals surface area contributed by atoms with Crippen LogP contribution in [0.15, 0.2) is 17.0 Å². The highest BCUT2D eigenvalue weighted by molar-refractivity contribution is 7.89. The Hall–Kier alpha value is -1.36. The third-order valence-corrected chi connectivity index (χ3v) is 4.97. The lowest BCUT2D eigenvalue weighted by atomic mass is 10.3. The quantitative estimate of drug-likeness (QED) is 0.844. The van der Waals surface area contributed by atoms with Gasteiger partial charge in [0.1, 0.15) is 4.90 Å². The fourth-order valence-corrected chi connectivity index (χ4v) is 3.76. The Morgan fingerprint density at radius 3 is 2.60 bits per heavy atom. The minimum Gasteiger partial charge on any atom is -0.399 e. The number of sulfonamides is 1. The molecular formula is C12H15ClFN3O2S. The summed E-state index contributed by atoms with van der Waals surface area (Å²) in [5.74, 6) is -1.04. The summed E-state index contributed by atoms with van der Waals surface area (Å²) < 4.78 is 39.9. The van der Waals surface area contributed by atoms with E-state index >= 15 is 0 Å². The van der Waals surface area contributed by atoms with E-state index < -0.39 is 26.8 Å². The molecule has 0 unspecified atom stereocenters. The minimum absolute atomic E-state index is 0.00900. The highest BCUT2D eigenvalue weighted by Crippen LogP contribution is 2.28. The number of halogens is 2. The molecule has 0 amide bonds. The molecule has 0 saturated carbocycles. The molecule has 0 heterocycles. The monoisotopic (exact) mass is 319 g/mol. The number of anilines is 1. The molecule has 0 atom stereocenters. The summed E-state index contributed by atoms with van der Waals surface area (Å²) in [5.41, 5.74) is 5.57. The molecule has 0 aliphatic carbocycles. The van der Waals surface area contributed by atoms with Gasteiger partial charge in [0.2, 0.25) is 10.0 Å². The Bertz CT molecular complexity index is 641. The molecule has 0 bridgehead atoms. The van der Waals surface area contributed by atoms with Crippen LogP contribution in [0.1, 0.15) is 20.3 Å². The molecule has 0 spiro atoms. The summed E-state index contributed by atoms with van der Waals surface area (Å²) in [6.07, 6.45) is 0.00900. The van der Waals surface area contributed by atoms with E-state index in [-0.39, 0.29) is 23.7 Å². The summed E-state index contributed by atoms with van der Waals surface area (Å²) in [5, 5.41) is 8.24. The zero-order valence-electron chi connectivity index (χ0n) is 11.1. The van der Waals surface area contributed by atoms with E-state index in [1.165, 1.54) is 0 Å². The number of rotatable bonds is 5. The summed E-state index contributed by atoms with van der Waals surface area (Å²) in [7, 11) is -4.11. The Balaban J connectivity index is 3.38. The van der Waals surface area contributed by atoms with Crippen molar-refractivity contribution in [1.82, 2.24) is 4.31 Å². The molecule has 1 aromatic rings. The molecule has 5 nitrogen and oxygen atoms in total. The van der Waals surface area contributed by atoms with Gasteiger partial charge >= 0.3 is 0 Å². The Morgan fingerprint density at radius 2 is 2.10 bits per heavy atom. The predicted octanol–water partition coefficient (Wildman–Crippen LogP) is 2.37. The molecule has 20 heavy (non-hydrogen) atoms. The van der Waals surface area contributed by atoms with E-state index in [9.17, 15) is 12.8 Å². The van der Waals surface area contributed by atoms with Crippen LogP contribution in [-0.4, -0.2) is 25.3 Å². The molecule has 0 radical (unpaired) electrons. The number of benzene rings is 1. The minimum atomic E-state index is -4.11. The Kier molecular flexibility index (Phi) is 5.34. The van der Waals surface area contributed by atoms with Gasteiger partial charge in [-0.1, -0.05) is 11.6 Å². The average molecular weight is 320 g/mol. The zero-order chi connectivity index (χ0) is 15.5. The fraction of sp³-hybridized carbons (Fsp3) is 0.417. The van der Waals surface area contributed by atoms with Crippen LogP contribution in [0, 0.1) is 17.1 Å². The maximum absolute atomic E-state index is 14.0.